The van der Waals surface area contributed by atoms with Gasteiger partial charge in [-0.1, -0.05) is 0 Å². The normalized spacial score (nSPS) is 12.2. The highest BCUT2D eigenvalue weighted by molar-refractivity contribution is 7.15. The predicted octanol–water partition coefficient (Wildman–Crippen LogP) is 0.899. The molecular formula is C10H13NO4S. The Balaban J connectivity index is 2.84. The number of thiophene rings is 1. The van der Waals surface area contributed by atoms with Crippen LogP contribution in [0.2, 0.25) is 0 Å². The molecule has 1 aromatic rings. The van der Waals surface area contributed by atoms with Crippen LogP contribution in [0, 0.1) is 0 Å². The summed E-state index contributed by atoms with van der Waals surface area (Å²) in [7, 11) is 1.57. The predicted molar refractivity (Wildman–Crippen MR) is 59.9 cm³/mol. The van der Waals surface area contributed by atoms with Gasteiger partial charge in [-0.15, -0.1) is 11.3 Å². The zero-order chi connectivity index (χ0) is 12.3. The lowest BCUT2D eigenvalue weighted by Gasteiger charge is -2.22. The van der Waals surface area contributed by atoms with Crippen molar-refractivity contribution in [3.63, 3.8) is 0 Å². The highest BCUT2D eigenvalue weighted by atomic mass is 32.1. The number of carboxylic acids is 1. The molecule has 88 valence electrons. The van der Waals surface area contributed by atoms with Crippen molar-refractivity contribution in [2.45, 2.75) is 13.0 Å². The smallest absolute Gasteiger partial charge is 0.345 e. The number of aliphatic hydroxyl groups excluding tert-OH is 1. The van der Waals surface area contributed by atoms with Crippen LogP contribution in [0.3, 0.4) is 0 Å². The first-order chi connectivity index (χ1) is 7.47. The third-order valence-corrected chi connectivity index (χ3v) is 3.33. The summed E-state index contributed by atoms with van der Waals surface area (Å²) in [6, 6.07) is 2.59. The second kappa shape index (κ2) is 5.09. The molecule has 5 nitrogen and oxygen atoms in total. The molecule has 0 bridgehead atoms. The first kappa shape index (κ1) is 12.7. The Kier molecular flexibility index (Phi) is 4.03. The number of amides is 1. The van der Waals surface area contributed by atoms with Crippen molar-refractivity contribution >= 4 is 23.2 Å². The molecule has 0 saturated heterocycles. The van der Waals surface area contributed by atoms with Gasteiger partial charge in [-0.2, -0.15) is 0 Å². The third kappa shape index (κ3) is 2.59. The second-order valence-corrected chi connectivity index (χ2v) is 4.50. The Hall–Kier alpha value is -1.40. The minimum atomic E-state index is -1.04. The first-order valence-corrected chi connectivity index (χ1v) is 5.50. The minimum absolute atomic E-state index is 0.126. The van der Waals surface area contributed by atoms with Crippen LogP contribution in [0.1, 0.15) is 26.3 Å². The van der Waals surface area contributed by atoms with E-state index in [2.05, 4.69) is 0 Å². The number of aliphatic hydroxyl groups is 1. The minimum Gasteiger partial charge on any atom is -0.477 e. The standard InChI is InChI=1S/C10H13NO4S/c1-6(5-12)11(2)9(13)7-3-4-8(16-7)10(14)15/h3-4,6,12H,5H2,1-2H3,(H,14,15). The molecule has 0 saturated carbocycles. The van der Waals surface area contributed by atoms with E-state index in [4.69, 9.17) is 10.2 Å². The molecule has 0 aliphatic carbocycles. The van der Waals surface area contributed by atoms with Crippen molar-refractivity contribution in [2.75, 3.05) is 13.7 Å². The number of hydrogen-bond acceptors (Lipinski definition) is 4. The molecule has 0 radical (unpaired) electrons. The van der Waals surface area contributed by atoms with E-state index < -0.39 is 5.97 Å². The van der Waals surface area contributed by atoms with Crippen LogP contribution in [-0.2, 0) is 0 Å². The molecule has 1 aromatic heterocycles. The molecule has 0 aliphatic heterocycles. The fraction of sp³-hybridized carbons (Fsp3) is 0.400. The lowest BCUT2D eigenvalue weighted by Crippen LogP contribution is -2.36. The van der Waals surface area contributed by atoms with E-state index >= 15 is 0 Å². The Morgan fingerprint density at radius 3 is 2.44 bits per heavy atom. The zero-order valence-corrected chi connectivity index (χ0v) is 9.82. The molecule has 0 aliphatic rings. The number of carbonyl (C=O) groups is 2. The van der Waals surface area contributed by atoms with Gasteiger partial charge >= 0.3 is 5.97 Å². The number of likely N-dealkylation sites (N-methyl/N-ethyl adjacent to an activating group) is 1. The number of carbonyl (C=O) groups excluding carboxylic acids is 1. The summed E-state index contributed by atoms with van der Waals surface area (Å²) in [6.07, 6.45) is 0. The van der Waals surface area contributed by atoms with E-state index in [-0.39, 0.29) is 23.4 Å². The van der Waals surface area contributed by atoms with Gasteiger partial charge in [0.05, 0.1) is 17.5 Å². The quantitative estimate of drug-likeness (QED) is 0.823. The Labute approximate surface area is 96.9 Å². The molecule has 1 unspecified atom stereocenters. The maximum absolute atomic E-state index is 11.8. The van der Waals surface area contributed by atoms with Crippen molar-refractivity contribution in [3.8, 4) is 0 Å². The third-order valence-electron chi connectivity index (χ3n) is 2.27. The summed E-state index contributed by atoms with van der Waals surface area (Å²) < 4.78 is 0. The average molecular weight is 243 g/mol. The lowest BCUT2D eigenvalue weighted by atomic mass is 10.3. The summed E-state index contributed by atoms with van der Waals surface area (Å²) in [4.78, 5) is 24.3. The topological polar surface area (TPSA) is 77.8 Å². The Bertz CT molecular complexity index is 401. The van der Waals surface area contributed by atoms with Crippen molar-refractivity contribution in [3.05, 3.63) is 21.9 Å². The van der Waals surface area contributed by atoms with Crippen LogP contribution in [0.4, 0.5) is 0 Å². The summed E-state index contributed by atoms with van der Waals surface area (Å²) in [6.45, 7) is 1.59. The molecule has 0 spiro atoms. The lowest BCUT2D eigenvalue weighted by molar-refractivity contribution is 0.0685. The fourth-order valence-electron chi connectivity index (χ4n) is 1.06. The number of carboxylic acid groups (broad SMARTS) is 1. The summed E-state index contributed by atoms with van der Waals surface area (Å²) >= 11 is 0.933. The molecule has 0 fully saturated rings. The molecule has 0 aromatic carbocycles. The molecule has 6 heteroatoms. The highest BCUT2D eigenvalue weighted by Crippen LogP contribution is 2.18. The molecule has 1 rings (SSSR count). The number of rotatable bonds is 4. The Morgan fingerprint density at radius 1 is 1.44 bits per heavy atom. The summed E-state index contributed by atoms with van der Waals surface area (Å²) in [5.74, 6) is -1.32. The average Bonchev–Trinajstić information content (AvgIpc) is 2.75. The van der Waals surface area contributed by atoms with Crippen LogP contribution in [0.5, 0.6) is 0 Å². The van der Waals surface area contributed by atoms with E-state index in [0.29, 0.717) is 4.88 Å². The van der Waals surface area contributed by atoms with Gasteiger partial charge in [-0.05, 0) is 19.1 Å². The number of aromatic carboxylic acids is 1. The van der Waals surface area contributed by atoms with Crippen LogP contribution in [0.15, 0.2) is 12.1 Å². The fourth-order valence-corrected chi connectivity index (χ4v) is 1.89. The SMILES string of the molecule is CC(CO)N(C)C(=O)c1ccc(C(=O)O)s1. The van der Waals surface area contributed by atoms with Gasteiger partial charge in [0.2, 0.25) is 0 Å². The van der Waals surface area contributed by atoms with E-state index in [1.807, 2.05) is 0 Å². The van der Waals surface area contributed by atoms with Gasteiger partial charge in [0.15, 0.2) is 0 Å². The molecular weight excluding hydrogens is 230 g/mol. The van der Waals surface area contributed by atoms with Crippen LogP contribution >= 0.6 is 11.3 Å². The van der Waals surface area contributed by atoms with E-state index in [0.717, 1.165) is 11.3 Å². The monoisotopic (exact) mass is 243 g/mol. The van der Waals surface area contributed by atoms with Crippen molar-refractivity contribution < 1.29 is 19.8 Å². The van der Waals surface area contributed by atoms with Crippen LogP contribution in [-0.4, -0.2) is 46.7 Å². The van der Waals surface area contributed by atoms with Gasteiger partial charge in [0, 0.05) is 7.05 Å². The number of hydrogen-bond donors (Lipinski definition) is 2. The molecule has 16 heavy (non-hydrogen) atoms. The van der Waals surface area contributed by atoms with Crippen molar-refractivity contribution in [1.29, 1.82) is 0 Å². The van der Waals surface area contributed by atoms with Crippen molar-refractivity contribution in [1.82, 2.24) is 4.90 Å². The largest absolute Gasteiger partial charge is 0.477 e. The maximum Gasteiger partial charge on any atom is 0.345 e. The maximum atomic E-state index is 11.8. The zero-order valence-electron chi connectivity index (χ0n) is 9.01. The summed E-state index contributed by atoms with van der Waals surface area (Å²) in [5, 5.41) is 17.6. The van der Waals surface area contributed by atoms with Gasteiger partial charge in [0.1, 0.15) is 4.88 Å². The molecule has 1 atom stereocenters. The van der Waals surface area contributed by atoms with Gasteiger partial charge in [0.25, 0.3) is 5.91 Å². The van der Waals surface area contributed by atoms with E-state index in [9.17, 15) is 9.59 Å². The van der Waals surface area contributed by atoms with Gasteiger partial charge in [-0.25, -0.2) is 4.79 Å². The van der Waals surface area contributed by atoms with Gasteiger partial charge < -0.3 is 15.1 Å². The Morgan fingerprint density at radius 2 is 2.00 bits per heavy atom. The summed E-state index contributed by atoms with van der Waals surface area (Å²) in [5.41, 5.74) is 0. The van der Waals surface area contributed by atoms with Crippen LogP contribution in [0.25, 0.3) is 0 Å². The van der Waals surface area contributed by atoms with Gasteiger partial charge in [-0.3, -0.25) is 4.79 Å². The van der Waals surface area contributed by atoms with E-state index in [1.54, 1.807) is 14.0 Å². The van der Waals surface area contributed by atoms with Crippen LogP contribution < -0.4 is 0 Å². The van der Waals surface area contributed by atoms with Crippen molar-refractivity contribution in [2.24, 2.45) is 0 Å². The molecule has 1 heterocycles. The highest BCUT2D eigenvalue weighted by Gasteiger charge is 2.19. The molecule has 2 N–H and O–H groups in total. The van der Waals surface area contributed by atoms with E-state index in [1.165, 1.54) is 17.0 Å². The first-order valence-electron chi connectivity index (χ1n) is 4.68. The molecule has 1 amide bonds. The number of nitrogens with zero attached hydrogens (tertiary/aromatic N) is 1. The second-order valence-electron chi connectivity index (χ2n) is 3.42.